The fourth-order valence-electron chi connectivity index (χ4n) is 2.03. The van der Waals surface area contributed by atoms with Gasteiger partial charge >= 0.3 is 12.1 Å². The van der Waals surface area contributed by atoms with Crippen LogP contribution in [0, 0.1) is 17.7 Å². The summed E-state index contributed by atoms with van der Waals surface area (Å²) < 4.78 is 28.6. The summed E-state index contributed by atoms with van der Waals surface area (Å²) in [6.45, 7) is 5.58. The molecule has 0 aliphatic carbocycles. The van der Waals surface area contributed by atoms with Crippen LogP contribution in [0.3, 0.4) is 0 Å². The van der Waals surface area contributed by atoms with Crippen molar-refractivity contribution in [2.45, 2.75) is 58.5 Å². The molecule has 8 nitrogen and oxygen atoms in total. The molecule has 0 aliphatic rings. The average molecular weight is 438 g/mol. The summed E-state index contributed by atoms with van der Waals surface area (Å²) in [6, 6.07) is 4.70. The molecule has 172 valence electrons. The molecule has 0 aliphatic heterocycles. The van der Waals surface area contributed by atoms with Crippen LogP contribution in [0.5, 0.6) is 5.75 Å². The number of carbonyl (C=O) groups excluding carboxylic acids is 3. The van der Waals surface area contributed by atoms with E-state index in [0.717, 1.165) is 0 Å². The average Bonchev–Trinajstić information content (AvgIpc) is 2.65. The largest absolute Gasteiger partial charge is 0.490 e. The lowest BCUT2D eigenvalue weighted by Gasteiger charge is -2.16. The normalized spacial score (nSPS) is 9.97. The Kier molecular flexibility index (Phi) is 13.1. The zero-order valence-electron chi connectivity index (χ0n) is 18.5. The van der Waals surface area contributed by atoms with Crippen LogP contribution in [0.4, 0.5) is 9.18 Å². The number of halogens is 1. The third-order valence-corrected chi connectivity index (χ3v) is 3.35. The predicted molar refractivity (Wildman–Crippen MR) is 113 cm³/mol. The van der Waals surface area contributed by atoms with Crippen molar-refractivity contribution in [2.24, 2.45) is 11.5 Å². The van der Waals surface area contributed by atoms with E-state index in [1.165, 1.54) is 13.2 Å². The number of esters is 1. The Hall–Kier alpha value is -3.28. The van der Waals surface area contributed by atoms with Gasteiger partial charge in [-0.05, 0) is 45.7 Å². The van der Waals surface area contributed by atoms with E-state index in [-0.39, 0.29) is 36.0 Å². The van der Waals surface area contributed by atoms with Crippen LogP contribution >= 0.6 is 0 Å². The Labute approximate surface area is 182 Å². The molecule has 0 bridgehead atoms. The molecular weight excluding hydrogens is 407 g/mol. The molecule has 0 saturated carbocycles. The van der Waals surface area contributed by atoms with E-state index >= 15 is 0 Å². The molecule has 0 atom stereocenters. The van der Waals surface area contributed by atoms with Crippen LogP contribution in [-0.2, 0) is 19.1 Å². The number of rotatable bonds is 8. The highest BCUT2D eigenvalue weighted by Gasteiger charge is 2.12. The van der Waals surface area contributed by atoms with E-state index in [4.69, 9.17) is 16.2 Å². The molecule has 9 heteroatoms. The van der Waals surface area contributed by atoms with Crippen LogP contribution in [0.15, 0.2) is 18.2 Å². The number of ether oxygens (including phenoxy) is 3. The summed E-state index contributed by atoms with van der Waals surface area (Å²) in [5.41, 5.74) is 9.51. The smallest absolute Gasteiger partial charge is 0.405 e. The number of carbonyl (C=O) groups is 3. The highest BCUT2D eigenvalue weighted by Crippen LogP contribution is 2.20. The fourth-order valence-corrected chi connectivity index (χ4v) is 2.03. The van der Waals surface area contributed by atoms with E-state index in [9.17, 15) is 18.8 Å². The molecule has 0 radical (unpaired) electrons. The van der Waals surface area contributed by atoms with Crippen molar-refractivity contribution < 1.29 is 33.0 Å². The van der Waals surface area contributed by atoms with Crippen molar-refractivity contribution >= 4 is 18.0 Å². The monoisotopic (exact) mass is 438 g/mol. The molecule has 0 aromatic heterocycles. The Bertz CT molecular complexity index is 793. The molecule has 0 heterocycles. The van der Waals surface area contributed by atoms with Crippen molar-refractivity contribution in [3.8, 4) is 17.6 Å². The third-order valence-electron chi connectivity index (χ3n) is 3.35. The Morgan fingerprint density at radius 3 is 2.29 bits per heavy atom. The minimum absolute atomic E-state index is 0.115. The summed E-state index contributed by atoms with van der Waals surface area (Å²) >= 11 is 0. The SMILES string of the molecule is CC(C)(C)OC(N)=O.COC(=O)CCC#Cc1cccc(OCCCCC(N)=O)c1F. The van der Waals surface area contributed by atoms with Gasteiger partial charge in [0.05, 0.1) is 25.7 Å². The van der Waals surface area contributed by atoms with Gasteiger partial charge in [-0.15, -0.1) is 0 Å². The summed E-state index contributed by atoms with van der Waals surface area (Å²) in [4.78, 5) is 31.6. The van der Waals surface area contributed by atoms with E-state index < -0.39 is 17.5 Å². The number of unbranched alkanes of at least 4 members (excludes halogenated alkanes) is 1. The summed E-state index contributed by atoms with van der Waals surface area (Å²) in [7, 11) is 1.31. The molecular formula is C22H31FN2O6. The highest BCUT2D eigenvalue weighted by atomic mass is 19.1. The first-order valence-electron chi connectivity index (χ1n) is 9.70. The van der Waals surface area contributed by atoms with Gasteiger partial charge in [0.1, 0.15) is 5.60 Å². The first-order valence-corrected chi connectivity index (χ1v) is 9.70. The zero-order valence-corrected chi connectivity index (χ0v) is 18.5. The lowest BCUT2D eigenvalue weighted by atomic mass is 10.2. The van der Waals surface area contributed by atoms with Gasteiger partial charge in [0.15, 0.2) is 11.6 Å². The van der Waals surface area contributed by atoms with Gasteiger partial charge in [-0.3, -0.25) is 9.59 Å². The van der Waals surface area contributed by atoms with Crippen molar-refractivity contribution in [1.29, 1.82) is 0 Å². The fraction of sp³-hybridized carbons (Fsp3) is 0.500. The maximum Gasteiger partial charge on any atom is 0.405 e. The van der Waals surface area contributed by atoms with Crippen LogP contribution < -0.4 is 16.2 Å². The van der Waals surface area contributed by atoms with Crippen LogP contribution in [0.2, 0.25) is 0 Å². The summed E-state index contributed by atoms with van der Waals surface area (Å²) in [5, 5.41) is 0. The number of hydrogen-bond donors (Lipinski definition) is 2. The van der Waals surface area contributed by atoms with Crippen LogP contribution in [-0.4, -0.2) is 37.3 Å². The molecule has 0 saturated heterocycles. The molecule has 1 aromatic carbocycles. The van der Waals surface area contributed by atoms with Crippen molar-refractivity contribution in [1.82, 2.24) is 0 Å². The number of amides is 2. The molecule has 0 unspecified atom stereocenters. The minimum Gasteiger partial charge on any atom is -0.490 e. The molecule has 4 N–H and O–H groups in total. The maximum absolute atomic E-state index is 14.2. The van der Waals surface area contributed by atoms with Crippen molar-refractivity contribution in [2.75, 3.05) is 13.7 Å². The van der Waals surface area contributed by atoms with E-state index in [0.29, 0.717) is 25.9 Å². The molecule has 0 fully saturated rings. The van der Waals surface area contributed by atoms with Gasteiger partial charge < -0.3 is 25.7 Å². The quantitative estimate of drug-likeness (QED) is 0.364. The number of benzene rings is 1. The van der Waals surface area contributed by atoms with Crippen LogP contribution in [0.25, 0.3) is 0 Å². The standard InChI is InChI=1S/C17H20FNO4.C5H11NO2/c1-22-16(21)11-3-2-7-13-8-6-9-14(17(13)18)23-12-5-4-10-15(19)20;1-5(2,3)8-4(6)7/h6,8-9H,3-5,10-12H2,1H3,(H2,19,20);1-3H3,(H2,6,7). The molecule has 31 heavy (non-hydrogen) atoms. The predicted octanol–water partition coefficient (Wildman–Crippen LogP) is 3.05. The number of nitrogens with two attached hydrogens (primary N) is 2. The molecule has 1 rings (SSSR count). The van der Waals surface area contributed by atoms with E-state index in [2.05, 4.69) is 21.3 Å². The first-order chi connectivity index (χ1) is 14.5. The maximum atomic E-state index is 14.2. The van der Waals surface area contributed by atoms with Crippen molar-refractivity contribution in [3.63, 3.8) is 0 Å². The Morgan fingerprint density at radius 1 is 1.10 bits per heavy atom. The second kappa shape index (κ2) is 14.7. The van der Waals surface area contributed by atoms with Crippen LogP contribution in [0.1, 0.15) is 58.4 Å². The summed E-state index contributed by atoms with van der Waals surface area (Å²) in [6.07, 6.45) is 1.24. The Morgan fingerprint density at radius 2 is 1.77 bits per heavy atom. The van der Waals surface area contributed by atoms with Gasteiger partial charge in [0.2, 0.25) is 5.91 Å². The van der Waals surface area contributed by atoms with Gasteiger partial charge in [0, 0.05) is 12.8 Å². The highest BCUT2D eigenvalue weighted by molar-refractivity contribution is 5.73. The lowest BCUT2D eigenvalue weighted by molar-refractivity contribution is -0.140. The lowest BCUT2D eigenvalue weighted by Crippen LogP contribution is -2.27. The van der Waals surface area contributed by atoms with Crippen molar-refractivity contribution in [3.05, 3.63) is 29.6 Å². The zero-order chi connectivity index (χ0) is 23.9. The second-order valence-corrected chi connectivity index (χ2v) is 7.30. The van der Waals surface area contributed by atoms with Gasteiger partial charge in [-0.2, -0.15) is 0 Å². The number of primary amides is 2. The Balaban J connectivity index is 0.000000954. The topological polar surface area (TPSA) is 131 Å². The third kappa shape index (κ3) is 15.3. The number of hydrogen-bond acceptors (Lipinski definition) is 6. The molecule has 2 amide bonds. The number of methoxy groups -OCH3 is 1. The molecule has 0 spiro atoms. The summed E-state index contributed by atoms with van der Waals surface area (Å²) in [5.74, 6) is 4.27. The van der Waals surface area contributed by atoms with Gasteiger partial charge in [0.25, 0.3) is 0 Å². The minimum atomic E-state index is -0.725. The van der Waals surface area contributed by atoms with Gasteiger partial charge in [-0.25, -0.2) is 9.18 Å². The molecule has 1 aromatic rings. The van der Waals surface area contributed by atoms with Gasteiger partial charge in [-0.1, -0.05) is 17.9 Å². The van der Waals surface area contributed by atoms with E-state index in [1.807, 2.05) is 0 Å². The second-order valence-electron chi connectivity index (χ2n) is 7.30. The first kappa shape index (κ1) is 27.7. The van der Waals surface area contributed by atoms with E-state index in [1.54, 1.807) is 32.9 Å².